The average molecular weight is 294 g/mol. The molecule has 0 aliphatic carbocycles. The van der Waals surface area contributed by atoms with Crippen molar-refractivity contribution in [2.75, 3.05) is 11.0 Å². The number of aromatic nitrogens is 1. The van der Waals surface area contributed by atoms with Crippen LogP contribution < -0.4 is 4.74 Å². The third kappa shape index (κ3) is 2.79. The van der Waals surface area contributed by atoms with Crippen LogP contribution in [0, 0.1) is 10.1 Å². The lowest BCUT2D eigenvalue weighted by Crippen LogP contribution is -2.02. The molecule has 0 aliphatic heterocycles. The topological polar surface area (TPSA) is 65.3 Å². The zero-order valence-electron chi connectivity index (χ0n) is 6.64. The first kappa shape index (κ1) is 10.2. The normalized spacial score (nSPS) is 9.62. The van der Waals surface area contributed by atoms with Gasteiger partial charge in [-0.15, -0.1) is 0 Å². The molecule has 1 heterocycles. The fraction of sp³-hybridized carbons (Fsp3) is 0.286. The Morgan fingerprint density at radius 3 is 3.08 bits per heavy atom. The van der Waals surface area contributed by atoms with E-state index in [1.54, 1.807) is 0 Å². The van der Waals surface area contributed by atoms with E-state index in [1.165, 1.54) is 18.3 Å². The molecule has 6 heteroatoms. The molecular weight excluding hydrogens is 287 g/mol. The lowest BCUT2D eigenvalue weighted by molar-refractivity contribution is -0.386. The van der Waals surface area contributed by atoms with E-state index in [-0.39, 0.29) is 11.6 Å². The van der Waals surface area contributed by atoms with Crippen LogP contribution in [0.25, 0.3) is 0 Å². The maximum absolute atomic E-state index is 10.5. The highest BCUT2D eigenvalue weighted by atomic mass is 127. The first-order valence-corrected chi connectivity index (χ1v) is 5.06. The maximum Gasteiger partial charge on any atom is 0.330 e. The number of nitrogens with zero attached hydrogens (tertiary/aromatic N) is 2. The first-order chi connectivity index (χ1) is 6.25. The second-order valence-corrected chi connectivity index (χ2v) is 3.20. The first-order valence-electron chi connectivity index (χ1n) is 3.54. The van der Waals surface area contributed by atoms with Gasteiger partial charge >= 0.3 is 5.69 Å². The number of pyridine rings is 1. The minimum atomic E-state index is -0.504. The highest BCUT2D eigenvalue weighted by Crippen LogP contribution is 2.22. The molecule has 1 rings (SSSR count). The molecule has 0 fully saturated rings. The van der Waals surface area contributed by atoms with Crippen molar-refractivity contribution in [2.24, 2.45) is 0 Å². The van der Waals surface area contributed by atoms with Crippen LogP contribution in [0.15, 0.2) is 18.3 Å². The van der Waals surface area contributed by atoms with E-state index in [2.05, 4.69) is 27.6 Å². The number of alkyl halides is 1. The zero-order chi connectivity index (χ0) is 9.68. The molecule has 0 amide bonds. The van der Waals surface area contributed by atoms with Gasteiger partial charge in [0.15, 0.2) is 0 Å². The van der Waals surface area contributed by atoms with Crippen LogP contribution in [0.2, 0.25) is 0 Å². The third-order valence-corrected chi connectivity index (χ3v) is 1.70. The Hall–Kier alpha value is -0.920. The summed E-state index contributed by atoms with van der Waals surface area (Å²) in [4.78, 5) is 13.7. The Labute approximate surface area is 88.4 Å². The summed E-state index contributed by atoms with van der Waals surface area (Å²) in [6, 6.07) is 2.88. The summed E-state index contributed by atoms with van der Waals surface area (Å²) in [7, 11) is 0. The van der Waals surface area contributed by atoms with Gasteiger partial charge in [-0.2, -0.15) is 0 Å². The summed E-state index contributed by atoms with van der Waals surface area (Å²) in [5.41, 5.74) is -0.0904. The van der Waals surface area contributed by atoms with Crippen LogP contribution in [0.1, 0.15) is 0 Å². The minimum Gasteiger partial charge on any atom is -0.472 e. The quantitative estimate of drug-likeness (QED) is 0.367. The van der Waals surface area contributed by atoms with Crippen molar-refractivity contribution in [3.05, 3.63) is 28.4 Å². The summed E-state index contributed by atoms with van der Waals surface area (Å²) in [5, 5.41) is 10.5. The Morgan fingerprint density at radius 1 is 1.69 bits per heavy atom. The number of hydrogen-bond acceptors (Lipinski definition) is 4. The summed E-state index contributed by atoms with van der Waals surface area (Å²) < 4.78 is 5.86. The third-order valence-electron chi connectivity index (χ3n) is 1.26. The molecule has 0 radical (unpaired) electrons. The van der Waals surface area contributed by atoms with Crippen LogP contribution in [0.5, 0.6) is 5.88 Å². The van der Waals surface area contributed by atoms with Gasteiger partial charge in [-0.25, -0.2) is 4.98 Å². The molecule has 13 heavy (non-hydrogen) atoms. The number of halogens is 1. The lowest BCUT2D eigenvalue weighted by Gasteiger charge is -2.01. The van der Waals surface area contributed by atoms with Crippen LogP contribution in [-0.2, 0) is 0 Å². The Morgan fingerprint density at radius 2 is 2.46 bits per heavy atom. The van der Waals surface area contributed by atoms with E-state index in [1.807, 2.05) is 0 Å². The molecule has 0 spiro atoms. The smallest absolute Gasteiger partial charge is 0.330 e. The molecule has 0 saturated carbocycles. The van der Waals surface area contributed by atoms with E-state index in [0.29, 0.717) is 6.61 Å². The lowest BCUT2D eigenvalue weighted by atomic mass is 10.4. The van der Waals surface area contributed by atoms with Crippen molar-refractivity contribution in [3.8, 4) is 5.88 Å². The zero-order valence-corrected chi connectivity index (χ0v) is 8.80. The summed E-state index contributed by atoms with van der Waals surface area (Å²) in [6.45, 7) is 0.429. The predicted molar refractivity (Wildman–Crippen MR) is 55.3 cm³/mol. The number of nitro groups is 1. The highest BCUT2D eigenvalue weighted by molar-refractivity contribution is 14.1. The Bertz CT molecular complexity index is 306. The van der Waals surface area contributed by atoms with Gasteiger partial charge in [0.05, 0.1) is 11.5 Å². The molecule has 0 atom stereocenters. The van der Waals surface area contributed by atoms with E-state index >= 15 is 0 Å². The van der Waals surface area contributed by atoms with Crippen molar-refractivity contribution in [2.45, 2.75) is 0 Å². The van der Waals surface area contributed by atoms with Gasteiger partial charge in [-0.3, -0.25) is 10.1 Å². The summed E-state index contributed by atoms with van der Waals surface area (Å²) in [6.07, 6.45) is 1.47. The molecule has 0 unspecified atom stereocenters. The second kappa shape index (κ2) is 4.95. The minimum absolute atomic E-state index is 0.0872. The second-order valence-electron chi connectivity index (χ2n) is 2.12. The van der Waals surface area contributed by atoms with Gasteiger partial charge in [0.25, 0.3) is 5.88 Å². The molecule has 0 aliphatic rings. The van der Waals surface area contributed by atoms with Crippen molar-refractivity contribution < 1.29 is 9.66 Å². The fourth-order valence-electron chi connectivity index (χ4n) is 0.768. The van der Waals surface area contributed by atoms with Gasteiger partial charge in [-0.05, 0) is 6.07 Å². The van der Waals surface area contributed by atoms with Crippen molar-refractivity contribution >= 4 is 28.3 Å². The van der Waals surface area contributed by atoms with Crippen LogP contribution in [0.3, 0.4) is 0 Å². The number of hydrogen-bond donors (Lipinski definition) is 0. The summed E-state index contributed by atoms with van der Waals surface area (Å²) >= 11 is 2.12. The highest BCUT2D eigenvalue weighted by Gasteiger charge is 2.14. The molecule has 1 aromatic rings. The summed E-state index contributed by atoms with van der Waals surface area (Å²) in [5.74, 6) is 0.0872. The van der Waals surface area contributed by atoms with E-state index < -0.39 is 4.92 Å². The molecule has 0 aromatic carbocycles. The standard InChI is InChI=1S/C7H7IN2O3/c8-3-5-13-7-6(10(11)12)2-1-4-9-7/h1-2,4H,3,5H2. The molecule has 5 nitrogen and oxygen atoms in total. The molecule has 1 aromatic heterocycles. The van der Waals surface area contributed by atoms with Gasteiger partial charge in [-0.1, -0.05) is 22.6 Å². The van der Waals surface area contributed by atoms with Crippen molar-refractivity contribution in [1.29, 1.82) is 0 Å². The molecule has 0 bridgehead atoms. The molecule has 0 saturated heterocycles. The maximum atomic E-state index is 10.5. The average Bonchev–Trinajstić information content (AvgIpc) is 2.15. The van der Waals surface area contributed by atoms with Gasteiger partial charge in [0.2, 0.25) is 0 Å². The largest absolute Gasteiger partial charge is 0.472 e. The molecule has 0 N–H and O–H groups in total. The Kier molecular flexibility index (Phi) is 3.87. The van der Waals surface area contributed by atoms with Crippen LogP contribution >= 0.6 is 22.6 Å². The van der Waals surface area contributed by atoms with E-state index in [4.69, 9.17) is 4.74 Å². The number of ether oxygens (including phenoxy) is 1. The Balaban J connectivity index is 2.84. The van der Waals surface area contributed by atoms with Crippen LogP contribution in [0.4, 0.5) is 5.69 Å². The predicted octanol–water partition coefficient (Wildman–Crippen LogP) is 1.80. The molecular formula is C7H7IN2O3. The van der Waals surface area contributed by atoms with Crippen LogP contribution in [-0.4, -0.2) is 20.9 Å². The van der Waals surface area contributed by atoms with E-state index in [9.17, 15) is 10.1 Å². The molecule has 70 valence electrons. The SMILES string of the molecule is O=[N+]([O-])c1cccnc1OCCI. The van der Waals surface area contributed by atoms with Crippen molar-refractivity contribution in [3.63, 3.8) is 0 Å². The van der Waals surface area contributed by atoms with E-state index in [0.717, 1.165) is 4.43 Å². The fourth-order valence-corrected chi connectivity index (χ4v) is 0.988. The number of rotatable bonds is 4. The van der Waals surface area contributed by atoms with Gasteiger partial charge in [0.1, 0.15) is 0 Å². The monoisotopic (exact) mass is 294 g/mol. The van der Waals surface area contributed by atoms with Crippen molar-refractivity contribution in [1.82, 2.24) is 4.98 Å². The van der Waals surface area contributed by atoms with Gasteiger partial charge in [0, 0.05) is 16.7 Å². The van der Waals surface area contributed by atoms with Gasteiger partial charge < -0.3 is 4.74 Å².